The molecule has 0 atom stereocenters. The van der Waals surface area contributed by atoms with Gasteiger partial charge in [0, 0.05) is 56.1 Å². The van der Waals surface area contributed by atoms with Gasteiger partial charge in [-0.3, -0.25) is 14.8 Å². The van der Waals surface area contributed by atoms with Crippen LogP contribution in [0.25, 0.3) is 22.2 Å². The van der Waals surface area contributed by atoms with Gasteiger partial charge in [0.05, 0.1) is 35.7 Å². The number of benzene rings is 2. The third-order valence-corrected chi connectivity index (χ3v) is 6.56. The van der Waals surface area contributed by atoms with Gasteiger partial charge in [-0.2, -0.15) is 0 Å². The summed E-state index contributed by atoms with van der Waals surface area (Å²) < 4.78 is 0. The van der Waals surface area contributed by atoms with Crippen LogP contribution in [0.5, 0.6) is 0 Å². The Kier molecular flexibility index (Phi) is 6.16. The van der Waals surface area contributed by atoms with Crippen LogP contribution in [0.4, 0.5) is 17.2 Å². The van der Waals surface area contributed by atoms with Crippen LogP contribution in [0.3, 0.4) is 0 Å². The normalized spacial score (nSPS) is 13.6. The molecule has 1 fully saturated rings. The van der Waals surface area contributed by atoms with E-state index in [1.165, 1.54) is 5.69 Å². The summed E-state index contributed by atoms with van der Waals surface area (Å²) >= 11 is 0. The standard InChI is InChI=1S/C28H26N8O/c37-28(16-23-17-30-19-32-23)33-22-4-1-20(2-5-22)21-3-6-25-26(15-21)34-27(18-31-25)36-13-11-35(12-14-36)24-7-9-29-10-8-24/h1-10,15,17-19H,11-14,16H2,(H,30,32)(H,33,37). The fourth-order valence-electron chi connectivity index (χ4n) is 4.59. The molecular weight excluding hydrogens is 464 g/mol. The molecule has 0 saturated carbocycles. The van der Waals surface area contributed by atoms with Crippen molar-refractivity contribution in [3.05, 3.63) is 91.4 Å². The molecule has 37 heavy (non-hydrogen) atoms. The minimum atomic E-state index is -0.102. The molecule has 1 saturated heterocycles. The van der Waals surface area contributed by atoms with E-state index in [4.69, 9.17) is 4.98 Å². The Labute approximate surface area is 214 Å². The molecule has 2 N–H and O–H groups in total. The summed E-state index contributed by atoms with van der Waals surface area (Å²) in [5, 5.41) is 2.92. The van der Waals surface area contributed by atoms with Gasteiger partial charge in [0.1, 0.15) is 5.82 Å². The molecule has 3 aromatic heterocycles. The number of hydrogen-bond donors (Lipinski definition) is 2. The Hall–Kier alpha value is -4.79. The lowest BCUT2D eigenvalue weighted by molar-refractivity contribution is -0.115. The molecule has 4 heterocycles. The first-order valence-corrected chi connectivity index (χ1v) is 12.3. The quantitative estimate of drug-likeness (QED) is 0.372. The molecule has 0 unspecified atom stereocenters. The summed E-state index contributed by atoms with van der Waals surface area (Å²) in [4.78, 5) is 37.6. The monoisotopic (exact) mass is 490 g/mol. The number of aromatic amines is 1. The van der Waals surface area contributed by atoms with Crippen molar-refractivity contribution < 1.29 is 4.79 Å². The molecule has 0 spiro atoms. The zero-order chi connectivity index (χ0) is 25.0. The Bertz CT molecular complexity index is 1500. The Morgan fingerprint density at radius 2 is 1.62 bits per heavy atom. The highest BCUT2D eigenvalue weighted by Gasteiger charge is 2.19. The van der Waals surface area contributed by atoms with Crippen LogP contribution in [-0.2, 0) is 11.2 Å². The number of anilines is 3. The Balaban J connectivity index is 1.14. The lowest BCUT2D eigenvalue weighted by Gasteiger charge is -2.36. The van der Waals surface area contributed by atoms with E-state index in [0.29, 0.717) is 5.69 Å². The number of pyridine rings is 1. The number of carbonyl (C=O) groups is 1. The zero-order valence-corrected chi connectivity index (χ0v) is 20.2. The summed E-state index contributed by atoms with van der Waals surface area (Å²) in [5.74, 6) is 0.795. The highest BCUT2D eigenvalue weighted by Crippen LogP contribution is 2.26. The highest BCUT2D eigenvalue weighted by atomic mass is 16.1. The van der Waals surface area contributed by atoms with Crippen LogP contribution in [0.2, 0.25) is 0 Å². The molecule has 1 aliphatic heterocycles. The second kappa shape index (κ2) is 10.1. The number of nitrogens with one attached hydrogen (secondary N) is 2. The van der Waals surface area contributed by atoms with Crippen LogP contribution in [0, 0.1) is 0 Å². The van der Waals surface area contributed by atoms with E-state index in [0.717, 1.165) is 59.8 Å². The number of aromatic nitrogens is 5. The molecule has 184 valence electrons. The predicted molar refractivity (Wildman–Crippen MR) is 145 cm³/mol. The number of fused-ring (bicyclic) bond motifs is 1. The van der Waals surface area contributed by atoms with Crippen LogP contribution >= 0.6 is 0 Å². The lowest BCUT2D eigenvalue weighted by atomic mass is 10.0. The molecule has 0 bridgehead atoms. The minimum Gasteiger partial charge on any atom is -0.368 e. The van der Waals surface area contributed by atoms with Crippen molar-refractivity contribution in [2.45, 2.75) is 6.42 Å². The van der Waals surface area contributed by atoms with E-state index >= 15 is 0 Å². The Morgan fingerprint density at radius 3 is 2.38 bits per heavy atom. The van der Waals surface area contributed by atoms with Gasteiger partial charge >= 0.3 is 0 Å². The molecule has 2 aromatic carbocycles. The third kappa shape index (κ3) is 5.11. The fraction of sp³-hybridized carbons (Fsp3) is 0.179. The number of piperazine rings is 1. The molecule has 9 heteroatoms. The van der Waals surface area contributed by atoms with Gasteiger partial charge in [-0.15, -0.1) is 0 Å². The topological polar surface area (TPSA) is 103 Å². The first-order chi connectivity index (χ1) is 18.2. The van der Waals surface area contributed by atoms with E-state index in [9.17, 15) is 4.79 Å². The molecule has 0 radical (unpaired) electrons. The molecule has 6 rings (SSSR count). The number of hydrogen-bond acceptors (Lipinski definition) is 7. The minimum absolute atomic E-state index is 0.102. The first-order valence-electron chi connectivity index (χ1n) is 12.3. The van der Waals surface area contributed by atoms with Crippen molar-refractivity contribution >= 4 is 34.1 Å². The molecule has 0 aliphatic carbocycles. The first kappa shape index (κ1) is 22.7. The molecular formula is C28H26N8O. The van der Waals surface area contributed by atoms with Crippen LogP contribution in [0.1, 0.15) is 5.69 Å². The van der Waals surface area contributed by atoms with Crippen molar-refractivity contribution in [2.24, 2.45) is 0 Å². The third-order valence-electron chi connectivity index (χ3n) is 6.56. The maximum atomic E-state index is 12.2. The summed E-state index contributed by atoms with van der Waals surface area (Å²) in [6.45, 7) is 3.62. The van der Waals surface area contributed by atoms with Crippen molar-refractivity contribution in [3.63, 3.8) is 0 Å². The van der Waals surface area contributed by atoms with Gasteiger partial charge < -0.3 is 20.1 Å². The van der Waals surface area contributed by atoms with Crippen molar-refractivity contribution in [3.8, 4) is 11.1 Å². The molecule has 1 amide bonds. The van der Waals surface area contributed by atoms with E-state index < -0.39 is 0 Å². The van der Waals surface area contributed by atoms with Gasteiger partial charge in [0.15, 0.2) is 0 Å². The van der Waals surface area contributed by atoms with Crippen LogP contribution in [-0.4, -0.2) is 57.0 Å². The van der Waals surface area contributed by atoms with Gasteiger partial charge in [-0.1, -0.05) is 18.2 Å². The number of carbonyl (C=O) groups excluding carboxylic acids is 1. The highest BCUT2D eigenvalue weighted by molar-refractivity contribution is 5.92. The second-order valence-corrected chi connectivity index (χ2v) is 8.97. The SMILES string of the molecule is O=C(Cc1c[nH]cn1)Nc1ccc(-c2ccc3ncc(N4CCN(c5ccncc5)CC4)nc3c2)cc1. The summed E-state index contributed by atoms with van der Waals surface area (Å²) in [5.41, 5.74) is 6.49. The van der Waals surface area contributed by atoms with E-state index in [-0.39, 0.29) is 12.3 Å². The molecule has 5 aromatic rings. The number of imidazole rings is 1. The maximum Gasteiger partial charge on any atom is 0.230 e. The van der Waals surface area contributed by atoms with Crippen LogP contribution < -0.4 is 15.1 Å². The van der Waals surface area contributed by atoms with Gasteiger partial charge in [0.25, 0.3) is 0 Å². The zero-order valence-electron chi connectivity index (χ0n) is 20.2. The average Bonchev–Trinajstić information content (AvgIpc) is 3.46. The Morgan fingerprint density at radius 1 is 0.865 bits per heavy atom. The molecule has 9 nitrogen and oxygen atoms in total. The van der Waals surface area contributed by atoms with Gasteiger partial charge in [-0.05, 0) is 47.5 Å². The number of rotatable bonds is 6. The number of H-pyrrole nitrogens is 1. The molecule has 1 aliphatic rings. The average molecular weight is 491 g/mol. The fourth-order valence-corrected chi connectivity index (χ4v) is 4.59. The van der Waals surface area contributed by atoms with Gasteiger partial charge in [0.2, 0.25) is 5.91 Å². The van der Waals surface area contributed by atoms with E-state index in [1.54, 1.807) is 12.5 Å². The van der Waals surface area contributed by atoms with E-state index in [1.807, 2.05) is 48.9 Å². The van der Waals surface area contributed by atoms with Gasteiger partial charge in [-0.25, -0.2) is 9.97 Å². The number of nitrogens with zero attached hydrogens (tertiary/aromatic N) is 6. The summed E-state index contributed by atoms with van der Waals surface area (Å²) in [7, 11) is 0. The van der Waals surface area contributed by atoms with Crippen molar-refractivity contribution in [2.75, 3.05) is 41.3 Å². The second-order valence-electron chi connectivity index (χ2n) is 8.97. The van der Waals surface area contributed by atoms with E-state index in [2.05, 4.69) is 59.3 Å². The van der Waals surface area contributed by atoms with Crippen molar-refractivity contribution in [1.29, 1.82) is 0 Å². The lowest BCUT2D eigenvalue weighted by Crippen LogP contribution is -2.46. The van der Waals surface area contributed by atoms with Crippen LogP contribution in [0.15, 0.2) is 85.7 Å². The van der Waals surface area contributed by atoms with Crippen molar-refractivity contribution in [1.82, 2.24) is 24.9 Å². The predicted octanol–water partition coefficient (Wildman–Crippen LogP) is 3.92. The summed E-state index contributed by atoms with van der Waals surface area (Å²) in [6, 6.07) is 18.0. The summed E-state index contributed by atoms with van der Waals surface area (Å²) in [6.07, 6.45) is 9.05. The largest absolute Gasteiger partial charge is 0.368 e. The number of amides is 1. The smallest absolute Gasteiger partial charge is 0.230 e. The maximum absolute atomic E-state index is 12.2.